The molecule has 2 aromatic carbocycles. The molecule has 1 aliphatic heterocycles. The van der Waals surface area contributed by atoms with Gasteiger partial charge < -0.3 is 20.5 Å². The van der Waals surface area contributed by atoms with Crippen molar-refractivity contribution in [2.24, 2.45) is 10.9 Å². The molecule has 3 aromatic rings. The standard InChI is InChI=1S/C27H35N5O.HI/c1-3-22-10-7-11-24-23(18-30-26(22)24)12-14-29-27(28-2)31-17-21-16-25(33)32(19-21)15-13-20-8-5-4-6-9-20;/h4-11,18,21,30H,3,12-17,19H2,1-2H3,(H2,28,29,31);1H. The molecule has 0 spiro atoms. The summed E-state index contributed by atoms with van der Waals surface area (Å²) in [5, 5.41) is 8.14. The van der Waals surface area contributed by atoms with Crippen LogP contribution in [0.15, 0.2) is 59.7 Å². The molecule has 1 aromatic heterocycles. The Morgan fingerprint density at radius 1 is 1.09 bits per heavy atom. The molecule has 0 aliphatic carbocycles. The molecule has 4 rings (SSSR count). The summed E-state index contributed by atoms with van der Waals surface area (Å²) in [5.74, 6) is 1.36. The van der Waals surface area contributed by atoms with E-state index in [2.05, 4.69) is 64.1 Å². The maximum absolute atomic E-state index is 12.4. The highest BCUT2D eigenvalue weighted by Gasteiger charge is 2.29. The van der Waals surface area contributed by atoms with Gasteiger partial charge in [-0.2, -0.15) is 0 Å². The molecule has 6 nitrogen and oxygen atoms in total. The van der Waals surface area contributed by atoms with E-state index in [1.165, 1.54) is 27.6 Å². The Hall–Kier alpha value is -2.55. The van der Waals surface area contributed by atoms with Crippen molar-refractivity contribution in [2.45, 2.75) is 32.6 Å². The van der Waals surface area contributed by atoms with Gasteiger partial charge in [0.25, 0.3) is 0 Å². The third-order valence-corrected chi connectivity index (χ3v) is 6.54. The number of hydrogen-bond donors (Lipinski definition) is 3. The Kier molecular flexibility index (Phi) is 9.80. The fourth-order valence-corrected chi connectivity index (χ4v) is 4.67. The number of likely N-dealkylation sites (tertiary alicyclic amines) is 1. The molecule has 1 atom stereocenters. The molecule has 0 bridgehead atoms. The van der Waals surface area contributed by atoms with E-state index in [1.807, 2.05) is 23.1 Å². The predicted molar refractivity (Wildman–Crippen MR) is 151 cm³/mol. The number of benzene rings is 2. The van der Waals surface area contributed by atoms with Crippen molar-refractivity contribution in [2.75, 3.05) is 33.2 Å². The summed E-state index contributed by atoms with van der Waals surface area (Å²) >= 11 is 0. The Morgan fingerprint density at radius 2 is 1.91 bits per heavy atom. The molecule has 1 amide bonds. The highest BCUT2D eigenvalue weighted by atomic mass is 127. The second-order valence-electron chi connectivity index (χ2n) is 8.78. The number of guanidine groups is 1. The lowest BCUT2D eigenvalue weighted by Crippen LogP contribution is -2.41. The van der Waals surface area contributed by atoms with E-state index in [4.69, 9.17) is 0 Å². The van der Waals surface area contributed by atoms with Gasteiger partial charge in [-0.1, -0.05) is 55.5 Å². The first kappa shape index (κ1) is 26.1. The zero-order valence-corrected chi connectivity index (χ0v) is 22.5. The topological polar surface area (TPSA) is 72.5 Å². The van der Waals surface area contributed by atoms with E-state index in [0.717, 1.165) is 51.4 Å². The van der Waals surface area contributed by atoms with Gasteiger partial charge in [0.1, 0.15) is 0 Å². The minimum Gasteiger partial charge on any atom is -0.361 e. The average Bonchev–Trinajstić information content (AvgIpc) is 3.43. The monoisotopic (exact) mass is 573 g/mol. The lowest BCUT2D eigenvalue weighted by molar-refractivity contribution is -0.127. The molecule has 0 radical (unpaired) electrons. The van der Waals surface area contributed by atoms with Gasteiger partial charge in [-0.3, -0.25) is 9.79 Å². The minimum atomic E-state index is 0. The molecular formula is C27H36IN5O. The highest BCUT2D eigenvalue weighted by molar-refractivity contribution is 14.0. The van der Waals surface area contributed by atoms with Gasteiger partial charge in [-0.05, 0) is 36.0 Å². The Labute approximate surface area is 219 Å². The zero-order chi connectivity index (χ0) is 23.0. The molecule has 0 saturated carbocycles. The van der Waals surface area contributed by atoms with E-state index >= 15 is 0 Å². The van der Waals surface area contributed by atoms with Gasteiger partial charge >= 0.3 is 0 Å². The van der Waals surface area contributed by atoms with Crippen molar-refractivity contribution in [3.63, 3.8) is 0 Å². The number of nitrogens with one attached hydrogen (secondary N) is 3. The number of aryl methyl sites for hydroxylation is 1. The minimum absolute atomic E-state index is 0. The number of carbonyl (C=O) groups is 1. The second-order valence-corrected chi connectivity index (χ2v) is 8.78. The van der Waals surface area contributed by atoms with Crippen LogP contribution in [0, 0.1) is 5.92 Å². The summed E-state index contributed by atoms with van der Waals surface area (Å²) in [6.45, 7) is 5.34. The zero-order valence-electron chi connectivity index (χ0n) is 20.1. The molecule has 1 fully saturated rings. The third-order valence-electron chi connectivity index (χ3n) is 6.54. The summed E-state index contributed by atoms with van der Waals surface area (Å²) in [6, 6.07) is 16.9. The van der Waals surface area contributed by atoms with Crippen molar-refractivity contribution in [3.8, 4) is 0 Å². The van der Waals surface area contributed by atoms with E-state index in [1.54, 1.807) is 7.05 Å². The number of nitrogens with zero attached hydrogens (tertiary/aromatic N) is 2. The van der Waals surface area contributed by atoms with Gasteiger partial charge in [-0.15, -0.1) is 24.0 Å². The highest BCUT2D eigenvalue weighted by Crippen LogP contribution is 2.22. The second kappa shape index (κ2) is 12.8. The first-order valence-corrected chi connectivity index (χ1v) is 12.0. The quantitative estimate of drug-likeness (QED) is 0.205. The lowest BCUT2D eigenvalue weighted by Gasteiger charge is -2.18. The van der Waals surface area contributed by atoms with Gasteiger partial charge in [0.15, 0.2) is 5.96 Å². The lowest BCUT2D eigenvalue weighted by atomic mass is 10.1. The van der Waals surface area contributed by atoms with Gasteiger partial charge in [-0.25, -0.2) is 0 Å². The van der Waals surface area contributed by atoms with Gasteiger partial charge in [0.05, 0.1) is 0 Å². The Balaban J connectivity index is 0.00000324. The van der Waals surface area contributed by atoms with Gasteiger partial charge in [0.2, 0.25) is 5.91 Å². The van der Waals surface area contributed by atoms with Crippen molar-refractivity contribution in [1.82, 2.24) is 20.5 Å². The van der Waals surface area contributed by atoms with Crippen LogP contribution in [-0.4, -0.2) is 55.0 Å². The number of H-pyrrole nitrogens is 1. The maximum atomic E-state index is 12.4. The largest absolute Gasteiger partial charge is 0.361 e. The first-order chi connectivity index (χ1) is 16.2. The number of carbonyl (C=O) groups excluding carboxylic acids is 1. The molecule has 3 N–H and O–H groups in total. The number of amides is 1. The molecule has 2 heterocycles. The molecule has 7 heteroatoms. The van der Waals surface area contributed by atoms with Crippen LogP contribution in [0.3, 0.4) is 0 Å². The average molecular weight is 574 g/mol. The molecule has 182 valence electrons. The van der Waals surface area contributed by atoms with Crippen molar-refractivity contribution < 1.29 is 4.79 Å². The van der Waals surface area contributed by atoms with Crippen LogP contribution in [0.2, 0.25) is 0 Å². The van der Waals surface area contributed by atoms with Crippen molar-refractivity contribution in [3.05, 3.63) is 71.4 Å². The maximum Gasteiger partial charge on any atom is 0.223 e. The van der Waals surface area contributed by atoms with Crippen molar-refractivity contribution in [1.29, 1.82) is 0 Å². The summed E-state index contributed by atoms with van der Waals surface area (Å²) in [4.78, 5) is 22.2. The number of rotatable bonds is 9. The summed E-state index contributed by atoms with van der Waals surface area (Å²) in [6.07, 6.45) is 5.58. The van der Waals surface area contributed by atoms with E-state index in [9.17, 15) is 4.79 Å². The third kappa shape index (κ3) is 6.52. The summed E-state index contributed by atoms with van der Waals surface area (Å²) in [7, 11) is 1.79. The number of fused-ring (bicyclic) bond motifs is 1. The van der Waals surface area contributed by atoms with Crippen LogP contribution in [0.1, 0.15) is 30.0 Å². The molecular weight excluding hydrogens is 537 g/mol. The number of para-hydroxylation sites is 1. The number of halogens is 1. The number of aromatic nitrogens is 1. The Morgan fingerprint density at radius 3 is 2.68 bits per heavy atom. The van der Waals surface area contributed by atoms with Crippen LogP contribution >= 0.6 is 24.0 Å². The Bertz CT molecular complexity index is 1090. The van der Waals surface area contributed by atoms with Crippen LogP contribution in [0.4, 0.5) is 0 Å². The van der Waals surface area contributed by atoms with Crippen molar-refractivity contribution >= 4 is 46.7 Å². The summed E-state index contributed by atoms with van der Waals surface area (Å²) < 4.78 is 0. The SMILES string of the molecule is CCc1cccc2c(CCNC(=NC)NCC3CC(=O)N(CCc4ccccc4)C3)c[nH]c12.I. The fraction of sp³-hybridized carbons (Fsp3) is 0.407. The molecule has 1 aliphatic rings. The molecule has 1 saturated heterocycles. The molecule has 34 heavy (non-hydrogen) atoms. The van der Waals surface area contributed by atoms with E-state index in [-0.39, 0.29) is 29.9 Å². The number of aliphatic imine (C=N–C) groups is 1. The van der Waals surface area contributed by atoms with Crippen LogP contribution in [-0.2, 0) is 24.1 Å². The fourth-order valence-electron chi connectivity index (χ4n) is 4.67. The number of hydrogen-bond acceptors (Lipinski definition) is 2. The molecule has 1 unspecified atom stereocenters. The van der Waals surface area contributed by atoms with Crippen LogP contribution in [0.25, 0.3) is 10.9 Å². The van der Waals surface area contributed by atoms with Gasteiger partial charge in [0, 0.05) is 62.7 Å². The predicted octanol–water partition coefficient (Wildman–Crippen LogP) is 4.15. The summed E-state index contributed by atoms with van der Waals surface area (Å²) in [5.41, 5.74) is 5.20. The van der Waals surface area contributed by atoms with E-state index < -0.39 is 0 Å². The first-order valence-electron chi connectivity index (χ1n) is 12.0. The normalized spacial score (nSPS) is 16.1. The van der Waals surface area contributed by atoms with E-state index in [0.29, 0.717) is 12.3 Å². The van der Waals surface area contributed by atoms with Crippen LogP contribution < -0.4 is 10.6 Å². The smallest absolute Gasteiger partial charge is 0.223 e. The van der Waals surface area contributed by atoms with Crippen LogP contribution in [0.5, 0.6) is 0 Å². The number of aromatic amines is 1.